The second-order valence-corrected chi connectivity index (χ2v) is 6.66. The molecule has 130 valence electrons. The van der Waals surface area contributed by atoms with Gasteiger partial charge in [-0.2, -0.15) is 4.80 Å². The minimum absolute atomic E-state index is 0.193. The van der Waals surface area contributed by atoms with Crippen molar-refractivity contribution in [3.63, 3.8) is 0 Å². The molecule has 7 nitrogen and oxygen atoms in total. The second-order valence-electron chi connectivity index (χ2n) is 6.66. The smallest absolute Gasteiger partial charge is 0.204 e. The predicted octanol–water partition coefficient (Wildman–Crippen LogP) is 1.12. The maximum atomic E-state index is 10.3. The molecule has 1 saturated heterocycles. The average Bonchev–Trinajstić information content (AvgIpc) is 2.95. The first-order valence-electron chi connectivity index (χ1n) is 8.40. The molecule has 0 amide bonds. The van der Waals surface area contributed by atoms with E-state index in [1.165, 1.54) is 10.4 Å². The number of aryl methyl sites for hydroxylation is 1. The minimum Gasteiger partial charge on any atom is -0.390 e. The lowest BCUT2D eigenvalue weighted by atomic mass is 10.1. The van der Waals surface area contributed by atoms with Gasteiger partial charge in [0.2, 0.25) is 5.82 Å². The molecule has 3 rings (SSSR count). The molecule has 1 aliphatic heterocycles. The highest BCUT2D eigenvalue weighted by molar-refractivity contribution is 5.53. The summed E-state index contributed by atoms with van der Waals surface area (Å²) in [5.74, 6) is 0.579. The molecule has 0 bridgehead atoms. The van der Waals surface area contributed by atoms with E-state index in [0.29, 0.717) is 18.9 Å². The van der Waals surface area contributed by atoms with Crippen molar-refractivity contribution >= 4 is 0 Å². The summed E-state index contributed by atoms with van der Waals surface area (Å²) in [5, 5.41) is 22.8. The Hall–Kier alpha value is -1.83. The largest absolute Gasteiger partial charge is 0.390 e. The van der Waals surface area contributed by atoms with Crippen molar-refractivity contribution in [2.75, 3.05) is 19.6 Å². The van der Waals surface area contributed by atoms with E-state index in [-0.39, 0.29) is 12.2 Å². The molecule has 0 spiro atoms. The molecule has 7 heteroatoms. The van der Waals surface area contributed by atoms with Crippen molar-refractivity contribution < 1.29 is 9.84 Å². The lowest BCUT2D eigenvalue weighted by molar-refractivity contribution is -0.0776. The van der Waals surface area contributed by atoms with Crippen LogP contribution in [0.5, 0.6) is 0 Å². The van der Waals surface area contributed by atoms with Gasteiger partial charge in [0.15, 0.2) is 0 Å². The zero-order chi connectivity index (χ0) is 17.1. The summed E-state index contributed by atoms with van der Waals surface area (Å²) in [6.07, 6.45) is -0.153. The van der Waals surface area contributed by atoms with Crippen LogP contribution in [-0.2, 0) is 11.3 Å². The Morgan fingerprint density at radius 2 is 1.83 bits per heavy atom. The van der Waals surface area contributed by atoms with Gasteiger partial charge < -0.3 is 9.84 Å². The third-order valence-electron chi connectivity index (χ3n) is 4.10. The topological polar surface area (TPSA) is 76.3 Å². The Labute approximate surface area is 142 Å². The Balaban J connectivity index is 1.57. The van der Waals surface area contributed by atoms with Crippen molar-refractivity contribution in [1.29, 1.82) is 0 Å². The van der Waals surface area contributed by atoms with E-state index in [4.69, 9.17) is 4.74 Å². The summed E-state index contributed by atoms with van der Waals surface area (Å²) < 4.78 is 5.71. The molecule has 3 atom stereocenters. The number of aliphatic hydroxyl groups excluding tert-OH is 1. The molecular weight excluding hydrogens is 306 g/mol. The van der Waals surface area contributed by atoms with Crippen LogP contribution < -0.4 is 0 Å². The number of rotatable bonds is 5. The van der Waals surface area contributed by atoms with E-state index >= 15 is 0 Å². The van der Waals surface area contributed by atoms with Crippen LogP contribution in [0.15, 0.2) is 24.3 Å². The minimum atomic E-state index is -0.539. The van der Waals surface area contributed by atoms with Crippen LogP contribution in [0.4, 0.5) is 0 Å². The normalized spacial score (nSPS) is 23.3. The lowest BCUT2D eigenvalue weighted by Crippen LogP contribution is -2.48. The fraction of sp³-hybridized carbons (Fsp3) is 0.588. The lowest BCUT2D eigenvalue weighted by Gasteiger charge is -2.36. The van der Waals surface area contributed by atoms with Crippen molar-refractivity contribution in [2.24, 2.45) is 0 Å². The molecule has 0 radical (unpaired) electrons. The highest BCUT2D eigenvalue weighted by Gasteiger charge is 2.24. The van der Waals surface area contributed by atoms with Gasteiger partial charge in [-0.3, -0.25) is 4.90 Å². The standard InChI is InChI=1S/C17H25N5O2/c1-12-4-6-15(7-5-12)17-18-20-22(19-17)11-16(23)10-21-8-13(2)24-14(3)9-21/h4-7,13-14,16,23H,8-11H2,1-3H3/t13-,14+,16-/m0/s1. The van der Waals surface area contributed by atoms with Gasteiger partial charge in [0, 0.05) is 25.2 Å². The fourth-order valence-electron chi connectivity index (χ4n) is 3.12. The first kappa shape index (κ1) is 17.0. The average molecular weight is 331 g/mol. The van der Waals surface area contributed by atoms with E-state index in [0.717, 1.165) is 18.7 Å². The molecule has 0 aliphatic carbocycles. The van der Waals surface area contributed by atoms with Crippen molar-refractivity contribution in [2.45, 2.75) is 45.6 Å². The Bertz CT molecular complexity index is 647. The molecule has 1 aromatic heterocycles. The molecule has 1 N–H and O–H groups in total. The van der Waals surface area contributed by atoms with Crippen LogP contribution in [0.25, 0.3) is 11.4 Å². The van der Waals surface area contributed by atoms with Crippen LogP contribution in [-0.4, -0.2) is 68.2 Å². The van der Waals surface area contributed by atoms with Gasteiger partial charge >= 0.3 is 0 Å². The maximum absolute atomic E-state index is 10.3. The zero-order valence-electron chi connectivity index (χ0n) is 14.5. The number of hydrogen-bond donors (Lipinski definition) is 1. The van der Waals surface area contributed by atoms with Crippen LogP contribution in [0, 0.1) is 6.92 Å². The first-order valence-corrected chi connectivity index (χ1v) is 8.40. The molecule has 0 saturated carbocycles. The molecule has 1 fully saturated rings. The summed E-state index contributed by atoms with van der Waals surface area (Å²) in [7, 11) is 0. The van der Waals surface area contributed by atoms with Crippen molar-refractivity contribution in [3.8, 4) is 11.4 Å². The fourth-order valence-corrected chi connectivity index (χ4v) is 3.12. The molecule has 2 heterocycles. The quantitative estimate of drug-likeness (QED) is 0.885. The van der Waals surface area contributed by atoms with Crippen LogP contribution in [0.3, 0.4) is 0 Å². The molecule has 0 unspecified atom stereocenters. The van der Waals surface area contributed by atoms with Crippen LogP contribution in [0.1, 0.15) is 19.4 Å². The Morgan fingerprint density at radius 1 is 1.17 bits per heavy atom. The van der Waals surface area contributed by atoms with E-state index in [1.807, 2.05) is 31.2 Å². The third-order valence-corrected chi connectivity index (χ3v) is 4.10. The van der Waals surface area contributed by atoms with Gasteiger partial charge in [-0.15, -0.1) is 10.2 Å². The van der Waals surface area contributed by atoms with Crippen LogP contribution >= 0.6 is 0 Å². The molecule has 2 aromatic rings. The van der Waals surface area contributed by atoms with Gasteiger partial charge in [-0.25, -0.2) is 0 Å². The SMILES string of the molecule is Cc1ccc(-c2nnn(C[C@@H](O)CN3C[C@@H](C)O[C@@H](C)C3)n2)cc1. The van der Waals surface area contributed by atoms with Gasteiger partial charge in [0.1, 0.15) is 0 Å². The van der Waals surface area contributed by atoms with Gasteiger partial charge in [0.05, 0.1) is 24.9 Å². The maximum Gasteiger partial charge on any atom is 0.204 e. The van der Waals surface area contributed by atoms with Gasteiger partial charge in [-0.05, 0) is 26.0 Å². The second kappa shape index (κ2) is 7.38. The Kier molecular flexibility index (Phi) is 5.23. The summed E-state index contributed by atoms with van der Waals surface area (Å²) >= 11 is 0. The summed E-state index contributed by atoms with van der Waals surface area (Å²) in [4.78, 5) is 3.69. The van der Waals surface area contributed by atoms with Gasteiger partial charge in [0.25, 0.3) is 0 Å². The third kappa shape index (κ3) is 4.37. The number of nitrogens with zero attached hydrogens (tertiary/aromatic N) is 5. The van der Waals surface area contributed by atoms with E-state index in [9.17, 15) is 5.11 Å². The number of morpholine rings is 1. The summed E-state index contributed by atoms with van der Waals surface area (Å²) in [6.45, 7) is 8.74. The zero-order valence-corrected chi connectivity index (χ0v) is 14.5. The number of benzene rings is 1. The summed E-state index contributed by atoms with van der Waals surface area (Å²) in [6, 6.07) is 7.99. The van der Waals surface area contributed by atoms with Crippen molar-refractivity contribution in [3.05, 3.63) is 29.8 Å². The van der Waals surface area contributed by atoms with Crippen LogP contribution in [0.2, 0.25) is 0 Å². The number of aliphatic hydroxyl groups is 1. The number of ether oxygens (including phenoxy) is 1. The highest BCUT2D eigenvalue weighted by atomic mass is 16.5. The Morgan fingerprint density at radius 3 is 2.50 bits per heavy atom. The van der Waals surface area contributed by atoms with Crippen molar-refractivity contribution in [1.82, 2.24) is 25.1 Å². The number of hydrogen-bond acceptors (Lipinski definition) is 6. The molecule has 1 aliphatic rings. The van der Waals surface area contributed by atoms with Gasteiger partial charge in [-0.1, -0.05) is 29.8 Å². The summed E-state index contributed by atoms with van der Waals surface area (Å²) in [5.41, 5.74) is 2.12. The van der Waals surface area contributed by atoms with E-state index in [2.05, 4.69) is 34.2 Å². The number of tetrazole rings is 1. The highest BCUT2D eigenvalue weighted by Crippen LogP contribution is 2.14. The molecule has 24 heavy (non-hydrogen) atoms. The molecule has 1 aromatic carbocycles. The number of β-amino-alcohol motifs (C(OH)–C–C–N with tert-alkyl or cyclic N) is 1. The van der Waals surface area contributed by atoms with E-state index in [1.54, 1.807) is 0 Å². The molecular formula is C17H25N5O2. The predicted molar refractivity (Wildman–Crippen MR) is 90.4 cm³/mol. The number of aromatic nitrogens is 4. The monoisotopic (exact) mass is 331 g/mol. The van der Waals surface area contributed by atoms with E-state index < -0.39 is 6.10 Å². The first-order chi connectivity index (χ1) is 11.5.